The molecule has 0 radical (unpaired) electrons. The lowest BCUT2D eigenvalue weighted by Crippen LogP contribution is -2.50. The van der Waals surface area contributed by atoms with Crippen LogP contribution >= 0.6 is 11.3 Å². The number of amides is 3. The van der Waals surface area contributed by atoms with Gasteiger partial charge in [0, 0.05) is 43.0 Å². The van der Waals surface area contributed by atoms with Crippen molar-refractivity contribution >= 4 is 38.8 Å². The van der Waals surface area contributed by atoms with E-state index >= 15 is 0 Å². The first-order valence-electron chi connectivity index (χ1n) is 10.4. The molecule has 0 spiro atoms. The highest BCUT2D eigenvalue weighted by atomic mass is 32.2. The van der Waals surface area contributed by atoms with Gasteiger partial charge in [0.05, 0.1) is 11.7 Å². The fourth-order valence-corrected chi connectivity index (χ4v) is 5.94. The third kappa shape index (κ3) is 5.46. The summed E-state index contributed by atoms with van der Waals surface area (Å²) in [4.78, 5) is 30.9. The number of likely N-dealkylation sites (tertiary alicyclic amines) is 1. The van der Waals surface area contributed by atoms with E-state index in [9.17, 15) is 18.0 Å². The number of benzene rings is 1. The molecule has 3 amide bonds. The van der Waals surface area contributed by atoms with Gasteiger partial charge in [-0.15, -0.1) is 11.3 Å². The molecule has 2 aliphatic rings. The first kappa shape index (κ1) is 21.8. The van der Waals surface area contributed by atoms with Crippen LogP contribution in [-0.2, 0) is 33.4 Å². The summed E-state index contributed by atoms with van der Waals surface area (Å²) in [6, 6.07) is 9.00. The highest BCUT2D eigenvalue weighted by Gasteiger charge is 2.32. The number of thiophene rings is 1. The van der Waals surface area contributed by atoms with Crippen molar-refractivity contribution in [1.29, 1.82) is 0 Å². The van der Waals surface area contributed by atoms with E-state index in [1.807, 2.05) is 4.90 Å². The van der Waals surface area contributed by atoms with Crippen LogP contribution in [0.4, 0.5) is 10.5 Å². The van der Waals surface area contributed by atoms with Gasteiger partial charge in [0.2, 0.25) is 5.91 Å². The Bertz CT molecular complexity index is 1080. The standard InChI is InChI=1S/C22H27N3O4S2/c1-31(28,29)15-16-4-2-6-19(12-16)23-21(26)18-5-3-9-24(14-18)22(27)25-10-7-20-17(13-25)8-11-30-20/h2,4,6,8,11-12,18H,3,5,7,9-10,13-15H2,1H3,(H,23,26). The van der Waals surface area contributed by atoms with Crippen LogP contribution in [0, 0.1) is 5.92 Å². The first-order valence-corrected chi connectivity index (χ1v) is 13.4. The molecule has 166 valence electrons. The van der Waals surface area contributed by atoms with E-state index in [1.54, 1.807) is 40.5 Å². The Morgan fingerprint density at radius 2 is 2.03 bits per heavy atom. The number of anilines is 1. The van der Waals surface area contributed by atoms with Crippen molar-refractivity contribution < 1.29 is 18.0 Å². The minimum Gasteiger partial charge on any atom is -0.326 e. The second kappa shape index (κ2) is 9.00. The number of nitrogens with zero attached hydrogens (tertiary/aromatic N) is 2. The van der Waals surface area contributed by atoms with Crippen LogP contribution in [0.25, 0.3) is 0 Å². The summed E-state index contributed by atoms with van der Waals surface area (Å²) in [5.41, 5.74) is 2.44. The minimum absolute atomic E-state index is 0.00417. The molecule has 1 saturated heterocycles. The van der Waals surface area contributed by atoms with Crippen molar-refractivity contribution in [2.75, 3.05) is 31.2 Å². The van der Waals surface area contributed by atoms with E-state index in [0.29, 0.717) is 37.4 Å². The highest BCUT2D eigenvalue weighted by Crippen LogP contribution is 2.26. The van der Waals surface area contributed by atoms with Crippen molar-refractivity contribution in [2.45, 2.75) is 31.6 Å². The number of hydrogen-bond donors (Lipinski definition) is 1. The monoisotopic (exact) mass is 461 g/mol. The summed E-state index contributed by atoms with van der Waals surface area (Å²) >= 11 is 1.75. The molecule has 2 aromatic rings. The predicted octanol–water partition coefficient (Wildman–Crippen LogP) is 3.12. The van der Waals surface area contributed by atoms with Gasteiger partial charge < -0.3 is 15.1 Å². The molecular formula is C22H27N3O4S2. The number of hydrogen-bond acceptors (Lipinski definition) is 5. The van der Waals surface area contributed by atoms with Crippen LogP contribution < -0.4 is 5.32 Å². The second-order valence-electron chi connectivity index (χ2n) is 8.37. The summed E-state index contributed by atoms with van der Waals surface area (Å²) in [7, 11) is -3.15. The zero-order chi connectivity index (χ0) is 22.0. The molecule has 1 fully saturated rings. The summed E-state index contributed by atoms with van der Waals surface area (Å²) in [5.74, 6) is -0.477. The van der Waals surface area contributed by atoms with Crippen molar-refractivity contribution in [2.24, 2.45) is 5.92 Å². The molecule has 0 bridgehead atoms. The second-order valence-corrected chi connectivity index (χ2v) is 11.5. The molecule has 2 aliphatic heterocycles. The van der Waals surface area contributed by atoms with Crippen molar-refractivity contribution in [1.82, 2.24) is 9.80 Å². The Morgan fingerprint density at radius 1 is 1.19 bits per heavy atom. The largest absolute Gasteiger partial charge is 0.326 e. The first-order chi connectivity index (χ1) is 14.8. The molecule has 3 heterocycles. The van der Waals surface area contributed by atoms with Gasteiger partial charge in [0.25, 0.3) is 0 Å². The van der Waals surface area contributed by atoms with Gasteiger partial charge in [-0.1, -0.05) is 12.1 Å². The minimum atomic E-state index is -3.15. The number of piperidine rings is 1. The predicted molar refractivity (Wildman–Crippen MR) is 122 cm³/mol. The molecule has 31 heavy (non-hydrogen) atoms. The van der Waals surface area contributed by atoms with Crippen molar-refractivity contribution in [3.63, 3.8) is 0 Å². The average Bonchev–Trinajstić information content (AvgIpc) is 3.20. The Morgan fingerprint density at radius 3 is 2.84 bits per heavy atom. The maximum absolute atomic E-state index is 13.1. The number of carbonyl (C=O) groups excluding carboxylic acids is 2. The number of urea groups is 1. The van der Waals surface area contributed by atoms with E-state index in [0.717, 1.165) is 19.3 Å². The Labute approximate surface area is 187 Å². The van der Waals surface area contributed by atoms with Gasteiger partial charge in [-0.3, -0.25) is 4.79 Å². The van der Waals surface area contributed by atoms with Crippen LogP contribution in [0.1, 0.15) is 28.8 Å². The van der Waals surface area contributed by atoms with Crippen molar-refractivity contribution in [3.05, 3.63) is 51.7 Å². The average molecular weight is 462 g/mol. The summed E-state index contributed by atoms with van der Waals surface area (Å²) in [6.07, 6.45) is 3.59. The van der Waals surface area contributed by atoms with E-state index in [-0.39, 0.29) is 23.6 Å². The van der Waals surface area contributed by atoms with Crippen LogP contribution in [0.2, 0.25) is 0 Å². The molecule has 1 atom stereocenters. The summed E-state index contributed by atoms with van der Waals surface area (Å²) < 4.78 is 23.1. The van der Waals surface area contributed by atoms with Crippen molar-refractivity contribution in [3.8, 4) is 0 Å². The Hall–Kier alpha value is -2.39. The summed E-state index contributed by atoms with van der Waals surface area (Å²) in [6.45, 7) is 2.42. The normalized spacial score (nSPS) is 19.1. The third-order valence-electron chi connectivity index (χ3n) is 5.76. The van der Waals surface area contributed by atoms with Gasteiger partial charge in [-0.2, -0.15) is 0 Å². The van der Waals surface area contributed by atoms with Gasteiger partial charge in [0.1, 0.15) is 0 Å². The highest BCUT2D eigenvalue weighted by molar-refractivity contribution is 7.89. The zero-order valence-electron chi connectivity index (χ0n) is 17.5. The molecule has 1 N–H and O–H groups in total. The van der Waals surface area contributed by atoms with Gasteiger partial charge >= 0.3 is 6.03 Å². The molecule has 1 aromatic carbocycles. The number of rotatable bonds is 4. The molecule has 9 heteroatoms. The maximum Gasteiger partial charge on any atom is 0.320 e. The van der Waals surface area contributed by atoms with Gasteiger partial charge in [0.15, 0.2) is 9.84 Å². The smallest absolute Gasteiger partial charge is 0.320 e. The maximum atomic E-state index is 13.1. The summed E-state index contributed by atoms with van der Waals surface area (Å²) in [5, 5.41) is 4.98. The topological polar surface area (TPSA) is 86.8 Å². The fourth-order valence-electron chi connectivity index (χ4n) is 4.26. The van der Waals surface area contributed by atoms with Crippen LogP contribution in [-0.4, -0.2) is 56.0 Å². The number of carbonyl (C=O) groups is 2. The molecule has 1 unspecified atom stereocenters. The lowest BCUT2D eigenvalue weighted by Gasteiger charge is -2.37. The SMILES string of the molecule is CS(=O)(=O)Cc1cccc(NC(=O)C2CCCN(C(=O)N3CCc4sccc4C3)C2)c1. The lowest BCUT2D eigenvalue weighted by atomic mass is 9.97. The Kier molecular flexibility index (Phi) is 6.34. The molecular weight excluding hydrogens is 434 g/mol. The van der Waals surface area contributed by atoms with E-state index in [1.165, 1.54) is 16.7 Å². The molecule has 1 aromatic heterocycles. The quantitative estimate of drug-likeness (QED) is 0.758. The van der Waals surface area contributed by atoms with E-state index in [4.69, 9.17) is 0 Å². The van der Waals surface area contributed by atoms with Crippen LogP contribution in [0.3, 0.4) is 0 Å². The zero-order valence-corrected chi connectivity index (χ0v) is 19.2. The number of nitrogens with one attached hydrogen (secondary N) is 1. The van der Waals surface area contributed by atoms with Crippen LogP contribution in [0.5, 0.6) is 0 Å². The molecule has 0 saturated carbocycles. The van der Waals surface area contributed by atoms with Crippen LogP contribution in [0.15, 0.2) is 35.7 Å². The Balaban J connectivity index is 1.37. The molecule has 0 aliphatic carbocycles. The molecule has 7 nitrogen and oxygen atoms in total. The molecule has 4 rings (SSSR count). The lowest BCUT2D eigenvalue weighted by molar-refractivity contribution is -0.121. The van der Waals surface area contributed by atoms with E-state index in [2.05, 4.69) is 16.8 Å². The third-order valence-corrected chi connectivity index (χ3v) is 7.64. The number of fused-ring (bicyclic) bond motifs is 1. The number of sulfone groups is 1. The van der Waals surface area contributed by atoms with E-state index < -0.39 is 9.84 Å². The fraction of sp³-hybridized carbons (Fsp3) is 0.455. The van der Waals surface area contributed by atoms with Gasteiger partial charge in [-0.05, 0) is 54.0 Å². The van der Waals surface area contributed by atoms with Gasteiger partial charge in [-0.25, -0.2) is 13.2 Å².